The minimum Gasteiger partial charge on any atom is -0.299 e. The van der Waals surface area contributed by atoms with Gasteiger partial charge in [-0.3, -0.25) is 4.90 Å². The van der Waals surface area contributed by atoms with Gasteiger partial charge in [0.1, 0.15) is 5.69 Å². The first-order valence-electron chi connectivity index (χ1n) is 6.29. The topological polar surface area (TPSA) is 16.1 Å². The molecule has 2 nitrogen and oxygen atoms in total. The van der Waals surface area contributed by atoms with Crippen molar-refractivity contribution in [2.24, 2.45) is 0 Å². The van der Waals surface area contributed by atoms with Gasteiger partial charge in [-0.1, -0.05) is 26.8 Å². The van der Waals surface area contributed by atoms with Crippen LogP contribution in [0.25, 0.3) is 0 Å². The molecule has 0 atom stereocenters. The Morgan fingerprint density at radius 1 is 1.28 bits per heavy atom. The Labute approximate surface area is 106 Å². The standard InChI is InChI=1S/C11H13F3N2.C2H6/c1-2-16-6-5-9-8(7-16)3-4-10(15-9)11(12,13)14;1-2/h3-4H,2,5-7H2,1H3;1-2H3. The van der Waals surface area contributed by atoms with Gasteiger partial charge in [-0.15, -0.1) is 0 Å². The zero-order chi connectivity index (χ0) is 13.8. The van der Waals surface area contributed by atoms with Crippen LogP contribution in [0.1, 0.15) is 37.7 Å². The first kappa shape index (κ1) is 15.0. The first-order valence-corrected chi connectivity index (χ1v) is 6.29. The van der Waals surface area contributed by atoms with E-state index in [1.807, 2.05) is 20.8 Å². The number of alkyl halides is 3. The molecular formula is C13H19F3N2. The molecule has 102 valence electrons. The fourth-order valence-corrected chi connectivity index (χ4v) is 1.90. The van der Waals surface area contributed by atoms with Crippen LogP contribution in [0.5, 0.6) is 0 Å². The van der Waals surface area contributed by atoms with E-state index in [0.717, 1.165) is 24.7 Å². The molecule has 2 heterocycles. The molecule has 5 heteroatoms. The zero-order valence-corrected chi connectivity index (χ0v) is 11.0. The Bertz CT molecular complexity index is 388. The largest absolute Gasteiger partial charge is 0.433 e. The smallest absolute Gasteiger partial charge is 0.299 e. The molecule has 0 N–H and O–H groups in total. The molecule has 1 aliphatic rings. The van der Waals surface area contributed by atoms with Gasteiger partial charge < -0.3 is 0 Å². The Balaban J connectivity index is 0.000000771. The number of hydrogen-bond donors (Lipinski definition) is 0. The molecule has 0 saturated heterocycles. The number of pyridine rings is 1. The highest BCUT2D eigenvalue weighted by Gasteiger charge is 2.33. The molecule has 1 aromatic heterocycles. The normalized spacial score (nSPS) is 15.7. The maximum Gasteiger partial charge on any atom is 0.433 e. The van der Waals surface area contributed by atoms with Gasteiger partial charge in [0, 0.05) is 25.2 Å². The van der Waals surface area contributed by atoms with Gasteiger partial charge >= 0.3 is 6.18 Å². The summed E-state index contributed by atoms with van der Waals surface area (Å²) in [7, 11) is 0. The summed E-state index contributed by atoms with van der Waals surface area (Å²) in [6.07, 6.45) is -3.73. The van der Waals surface area contributed by atoms with Gasteiger partial charge in [0.05, 0.1) is 0 Å². The maximum atomic E-state index is 12.4. The van der Waals surface area contributed by atoms with Crippen LogP contribution < -0.4 is 0 Å². The van der Waals surface area contributed by atoms with E-state index in [2.05, 4.69) is 9.88 Å². The van der Waals surface area contributed by atoms with Crippen molar-refractivity contribution in [3.05, 3.63) is 29.1 Å². The van der Waals surface area contributed by atoms with Crippen molar-refractivity contribution in [2.75, 3.05) is 13.1 Å². The summed E-state index contributed by atoms with van der Waals surface area (Å²) < 4.78 is 37.3. The van der Waals surface area contributed by atoms with E-state index >= 15 is 0 Å². The number of aromatic nitrogens is 1. The van der Waals surface area contributed by atoms with Gasteiger partial charge in [0.2, 0.25) is 0 Å². The molecule has 0 bridgehead atoms. The quantitative estimate of drug-likeness (QED) is 0.768. The Morgan fingerprint density at radius 3 is 2.50 bits per heavy atom. The maximum absolute atomic E-state index is 12.4. The zero-order valence-electron chi connectivity index (χ0n) is 11.0. The molecule has 0 radical (unpaired) electrons. The molecule has 18 heavy (non-hydrogen) atoms. The summed E-state index contributed by atoms with van der Waals surface area (Å²) >= 11 is 0. The second kappa shape index (κ2) is 6.18. The number of likely N-dealkylation sites (N-methyl/N-ethyl adjacent to an activating group) is 1. The van der Waals surface area contributed by atoms with Crippen molar-refractivity contribution >= 4 is 0 Å². The molecular weight excluding hydrogens is 241 g/mol. The lowest BCUT2D eigenvalue weighted by molar-refractivity contribution is -0.141. The first-order chi connectivity index (χ1) is 8.50. The summed E-state index contributed by atoms with van der Waals surface area (Å²) in [6, 6.07) is 2.62. The van der Waals surface area contributed by atoms with Crippen LogP contribution in [0.3, 0.4) is 0 Å². The lowest BCUT2D eigenvalue weighted by atomic mass is 10.1. The Hall–Kier alpha value is -1.10. The van der Waals surface area contributed by atoms with Gasteiger partial charge in [0.15, 0.2) is 0 Å². The minimum atomic E-state index is -4.34. The number of nitrogens with zero attached hydrogens (tertiary/aromatic N) is 2. The third-order valence-electron chi connectivity index (χ3n) is 2.86. The minimum absolute atomic E-state index is 0.597. The van der Waals surface area contributed by atoms with Crippen LogP contribution in [0.15, 0.2) is 12.1 Å². The average molecular weight is 260 g/mol. The summed E-state index contributed by atoms with van der Waals surface area (Å²) in [5.74, 6) is 0. The number of hydrogen-bond acceptors (Lipinski definition) is 2. The number of rotatable bonds is 1. The van der Waals surface area contributed by atoms with Gasteiger partial charge in [0.25, 0.3) is 0 Å². The molecule has 0 unspecified atom stereocenters. The van der Waals surface area contributed by atoms with Crippen LogP contribution in [0.2, 0.25) is 0 Å². The number of halogens is 3. The van der Waals surface area contributed by atoms with Crippen molar-refractivity contribution in [1.29, 1.82) is 0 Å². The van der Waals surface area contributed by atoms with Gasteiger partial charge in [-0.05, 0) is 18.2 Å². The third-order valence-corrected chi connectivity index (χ3v) is 2.86. The van der Waals surface area contributed by atoms with E-state index in [0.29, 0.717) is 18.7 Å². The SMILES string of the molecule is CC.CCN1CCc2nc(C(F)(F)F)ccc2C1. The third kappa shape index (κ3) is 3.45. The highest BCUT2D eigenvalue weighted by molar-refractivity contribution is 5.26. The van der Waals surface area contributed by atoms with E-state index in [9.17, 15) is 13.2 Å². The van der Waals surface area contributed by atoms with Crippen molar-refractivity contribution in [3.8, 4) is 0 Å². The summed E-state index contributed by atoms with van der Waals surface area (Å²) in [6.45, 7) is 8.46. The second-order valence-electron chi connectivity index (χ2n) is 3.92. The van der Waals surface area contributed by atoms with E-state index in [-0.39, 0.29) is 0 Å². The van der Waals surface area contributed by atoms with E-state index < -0.39 is 11.9 Å². The molecule has 2 rings (SSSR count). The van der Waals surface area contributed by atoms with E-state index in [1.165, 1.54) is 0 Å². The fraction of sp³-hybridized carbons (Fsp3) is 0.615. The molecule has 0 fully saturated rings. The molecule has 0 spiro atoms. The van der Waals surface area contributed by atoms with Crippen molar-refractivity contribution in [2.45, 2.75) is 39.9 Å². The predicted octanol–water partition coefficient (Wildman–Crippen LogP) is 3.50. The Kier molecular flexibility index (Phi) is 5.14. The fourth-order valence-electron chi connectivity index (χ4n) is 1.90. The monoisotopic (exact) mass is 260 g/mol. The average Bonchev–Trinajstić information content (AvgIpc) is 2.38. The number of fused-ring (bicyclic) bond motifs is 1. The lowest BCUT2D eigenvalue weighted by Gasteiger charge is -2.27. The van der Waals surface area contributed by atoms with Gasteiger partial charge in [-0.25, -0.2) is 4.98 Å². The van der Waals surface area contributed by atoms with Crippen molar-refractivity contribution < 1.29 is 13.2 Å². The van der Waals surface area contributed by atoms with Crippen molar-refractivity contribution in [3.63, 3.8) is 0 Å². The lowest BCUT2D eigenvalue weighted by Crippen LogP contribution is -2.31. The predicted molar refractivity (Wildman–Crippen MR) is 65.2 cm³/mol. The molecule has 1 aromatic rings. The highest BCUT2D eigenvalue weighted by atomic mass is 19.4. The van der Waals surface area contributed by atoms with Crippen LogP contribution in [0, 0.1) is 0 Å². The molecule has 0 saturated carbocycles. The summed E-state index contributed by atoms with van der Waals surface area (Å²) in [5, 5.41) is 0. The van der Waals surface area contributed by atoms with Gasteiger partial charge in [-0.2, -0.15) is 13.2 Å². The van der Waals surface area contributed by atoms with Crippen LogP contribution in [-0.2, 0) is 19.1 Å². The highest BCUT2D eigenvalue weighted by Crippen LogP contribution is 2.29. The van der Waals surface area contributed by atoms with Crippen LogP contribution in [-0.4, -0.2) is 23.0 Å². The van der Waals surface area contributed by atoms with E-state index in [4.69, 9.17) is 0 Å². The van der Waals surface area contributed by atoms with Crippen LogP contribution in [0.4, 0.5) is 13.2 Å². The Morgan fingerprint density at radius 2 is 1.94 bits per heavy atom. The molecule has 0 aliphatic carbocycles. The van der Waals surface area contributed by atoms with Crippen LogP contribution >= 0.6 is 0 Å². The van der Waals surface area contributed by atoms with Crippen molar-refractivity contribution in [1.82, 2.24) is 9.88 Å². The molecule has 0 aromatic carbocycles. The molecule has 0 amide bonds. The summed E-state index contributed by atoms with van der Waals surface area (Å²) in [5.41, 5.74) is 0.733. The second-order valence-corrected chi connectivity index (χ2v) is 3.92. The summed E-state index contributed by atoms with van der Waals surface area (Å²) in [4.78, 5) is 5.89. The van der Waals surface area contributed by atoms with E-state index in [1.54, 1.807) is 6.07 Å². The molecule has 1 aliphatic heterocycles.